The van der Waals surface area contributed by atoms with Crippen molar-refractivity contribution in [1.82, 2.24) is 9.88 Å². The minimum absolute atomic E-state index is 0.400. The first-order chi connectivity index (χ1) is 6.09. The molecule has 1 N–H and O–H groups in total. The van der Waals surface area contributed by atoms with Gasteiger partial charge in [-0.2, -0.15) is 13.2 Å². The number of halogens is 3. The monoisotopic (exact) mass is 190 g/mol. The highest BCUT2D eigenvalue weighted by Crippen LogP contribution is 2.31. The van der Waals surface area contributed by atoms with E-state index < -0.39 is 11.9 Å². The highest BCUT2D eigenvalue weighted by atomic mass is 19.4. The Kier molecular flexibility index (Phi) is 1.83. The zero-order chi connectivity index (χ0) is 9.47. The molecule has 0 saturated carbocycles. The topological polar surface area (TPSA) is 17.0 Å². The molecule has 0 spiro atoms. The summed E-state index contributed by atoms with van der Waals surface area (Å²) in [7, 11) is 0. The van der Waals surface area contributed by atoms with Crippen molar-refractivity contribution in [2.24, 2.45) is 0 Å². The van der Waals surface area contributed by atoms with E-state index >= 15 is 0 Å². The molecule has 0 radical (unpaired) electrons. The lowest BCUT2D eigenvalue weighted by Crippen LogP contribution is -2.30. The van der Waals surface area contributed by atoms with Crippen LogP contribution in [0.25, 0.3) is 0 Å². The van der Waals surface area contributed by atoms with E-state index in [4.69, 9.17) is 0 Å². The molecule has 1 aliphatic heterocycles. The smallest absolute Gasteiger partial charge is 0.339 e. The predicted molar refractivity (Wildman–Crippen MR) is 41.1 cm³/mol. The Morgan fingerprint density at radius 3 is 2.77 bits per heavy atom. The molecule has 0 aliphatic carbocycles. The van der Waals surface area contributed by atoms with Crippen LogP contribution < -0.4 is 5.32 Å². The van der Waals surface area contributed by atoms with Gasteiger partial charge in [0.05, 0.1) is 0 Å². The summed E-state index contributed by atoms with van der Waals surface area (Å²) in [5.74, 6) is 0. The van der Waals surface area contributed by atoms with Crippen LogP contribution in [0.5, 0.6) is 0 Å². The van der Waals surface area contributed by atoms with Crippen LogP contribution in [-0.4, -0.2) is 11.1 Å². The normalized spacial score (nSPS) is 17.2. The van der Waals surface area contributed by atoms with Crippen molar-refractivity contribution in [2.45, 2.75) is 19.3 Å². The van der Waals surface area contributed by atoms with E-state index in [1.807, 2.05) is 0 Å². The Labute approximate surface area is 73.4 Å². The highest BCUT2D eigenvalue weighted by Gasteiger charge is 2.35. The third kappa shape index (κ3) is 1.44. The molecule has 0 atom stereocenters. The van der Waals surface area contributed by atoms with Gasteiger partial charge in [-0.1, -0.05) is 0 Å². The molecule has 2 nitrogen and oxygen atoms in total. The van der Waals surface area contributed by atoms with Crippen molar-refractivity contribution in [3.63, 3.8) is 0 Å². The van der Waals surface area contributed by atoms with Gasteiger partial charge in [-0.25, -0.2) is 0 Å². The summed E-state index contributed by atoms with van der Waals surface area (Å²) in [6, 6.07) is 2.66. The van der Waals surface area contributed by atoms with Crippen molar-refractivity contribution < 1.29 is 13.2 Å². The molecular weight excluding hydrogens is 181 g/mol. The van der Waals surface area contributed by atoms with Crippen LogP contribution in [0.15, 0.2) is 12.1 Å². The molecule has 1 aromatic rings. The summed E-state index contributed by atoms with van der Waals surface area (Å²) < 4.78 is 38.4. The highest BCUT2D eigenvalue weighted by molar-refractivity contribution is 5.20. The number of rotatable bonds is 0. The molecule has 0 aromatic carbocycles. The fraction of sp³-hybridized carbons (Fsp3) is 0.500. The van der Waals surface area contributed by atoms with Crippen LogP contribution in [0.3, 0.4) is 0 Å². The quantitative estimate of drug-likeness (QED) is 0.657. The zero-order valence-electron chi connectivity index (χ0n) is 6.86. The summed E-state index contributed by atoms with van der Waals surface area (Å²) in [5.41, 5.74) is 0.169. The van der Waals surface area contributed by atoms with Gasteiger partial charge in [-0.3, -0.25) is 0 Å². The van der Waals surface area contributed by atoms with Gasteiger partial charge >= 0.3 is 6.18 Å². The first kappa shape index (κ1) is 8.62. The SMILES string of the molecule is FC(F)(F)c1ccc2n1CCNC2. The van der Waals surface area contributed by atoms with Crippen molar-refractivity contribution in [1.29, 1.82) is 0 Å². The van der Waals surface area contributed by atoms with Crippen LogP contribution in [0, 0.1) is 0 Å². The zero-order valence-corrected chi connectivity index (χ0v) is 6.86. The van der Waals surface area contributed by atoms with Gasteiger partial charge in [0.15, 0.2) is 0 Å². The van der Waals surface area contributed by atoms with Gasteiger partial charge in [0.25, 0.3) is 0 Å². The van der Waals surface area contributed by atoms with Crippen LogP contribution in [-0.2, 0) is 19.3 Å². The lowest BCUT2D eigenvalue weighted by molar-refractivity contribution is -0.143. The number of nitrogens with one attached hydrogen (secondary N) is 1. The standard InChI is InChI=1S/C8H9F3N2/c9-8(10,11)7-2-1-6-5-12-3-4-13(6)7/h1-2,12H,3-5H2. The third-order valence-corrected chi connectivity index (χ3v) is 2.18. The summed E-state index contributed by atoms with van der Waals surface area (Å²) in [6.45, 7) is 1.53. The largest absolute Gasteiger partial charge is 0.431 e. The van der Waals surface area contributed by atoms with Gasteiger partial charge in [-0.05, 0) is 12.1 Å². The van der Waals surface area contributed by atoms with Crippen LogP contribution in [0.2, 0.25) is 0 Å². The van der Waals surface area contributed by atoms with Gasteiger partial charge < -0.3 is 9.88 Å². The molecule has 0 saturated heterocycles. The first-order valence-electron chi connectivity index (χ1n) is 4.05. The molecule has 1 aliphatic rings. The van der Waals surface area contributed by atoms with E-state index in [1.165, 1.54) is 10.6 Å². The van der Waals surface area contributed by atoms with Gasteiger partial charge in [0.1, 0.15) is 5.69 Å². The Morgan fingerprint density at radius 1 is 1.31 bits per heavy atom. The summed E-state index contributed by atoms with van der Waals surface area (Å²) in [6.07, 6.45) is -4.23. The number of fused-ring (bicyclic) bond motifs is 1. The van der Waals surface area contributed by atoms with Gasteiger partial charge in [0, 0.05) is 25.3 Å². The second-order valence-electron chi connectivity index (χ2n) is 3.04. The molecule has 13 heavy (non-hydrogen) atoms. The number of alkyl halides is 3. The molecular formula is C8H9F3N2. The van der Waals surface area contributed by atoms with Crippen LogP contribution >= 0.6 is 0 Å². The number of nitrogens with zero attached hydrogens (tertiary/aromatic N) is 1. The summed E-state index contributed by atoms with van der Waals surface area (Å²) in [5, 5.41) is 3.02. The Morgan fingerprint density at radius 2 is 2.08 bits per heavy atom. The molecule has 0 fully saturated rings. The average Bonchev–Trinajstić information content (AvgIpc) is 2.45. The number of aromatic nitrogens is 1. The van der Waals surface area contributed by atoms with Gasteiger partial charge in [-0.15, -0.1) is 0 Å². The maximum atomic E-state index is 12.4. The minimum Gasteiger partial charge on any atom is -0.339 e. The first-order valence-corrected chi connectivity index (χ1v) is 4.05. The Hall–Kier alpha value is -0.970. The average molecular weight is 190 g/mol. The number of hydrogen-bond donors (Lipinski definition) is 1. The predicted octanol–water partition coefficient (Wildman–Crippen LogP) is 1.61. The fourth-order valence-corrected chi connectivity index (χ4v) is 1.58. The molecule has 0 unspecified atom stereocenters. The lowest BCUT2D eigenvalue weighted by atomic mass is 10.3. The molecule has 1 aromatic heterocycles. The fourth-order valence-electron chi connectivity index (χ4n) is 1.58. The number of hydrogen-bond acceptors (Lipinski definition) is 1. The third-order valence-electron chi connectivity index (χ3n) is 2.18. The van der Waals surface area contributed by atoms with Crippen LogP contribution in [0.1, 0.15) is 11.4 Å². The van der Waals surface area contributed by atoms with Crippen molar-refractivity contribution in [3.05, 3.63) is 23.5 Å². The van der Waals surface area contributed by atoms with E-state index in [1.54, 1.807) is 0 Å². The maximum absolute atomic E-state index is 12.4. The van der Waals surface area contributed by atoms with E-state index in [0.717, 1.165) is 6.07 Å². The Bertz CT molecular complexity index is 314. The minimum atomic E-state index is -4.23. The molecule has 72 valence electrons. The lowest BCUT2D eigenvalue weighted by Gasteiger charge is -2.19. The second kappa shape index (κ2) is 2.77. The van der Waals surface area contributed by atoms with E-state index in [9.17, 15) is 13.2 Å². The van der Waals surface area contributed by atoms with Crippen LogP contribution in [0.4, 0.5) is 13.2 Å². The molecule has 0 amide bonds. The van der Waals surface area contributed by atoms with E-state index in [2.05, 4.69) is 5.32 Å². The molecule has 2 rings (SSSR count). The second-order valence-corrected chi connectivity index (χ2v) is 3.04. The van der Waals surface area contributed by atoms with Crippen molar-refractivity contribution in [3.8, 4) is 0 Å². The molecule has 0 bridgehead atoms. The van der Waals surface area contributed by atoms with E-state index in [0.29, 0.717) is 25.3 Å². The van der Waals surface area contributed by atoms with Crippen molar-refractivity contribution >= 4 is 0 Å². The summed E-state index contributed by atoms with van der Waals surface area (Å²) >= 11 is 0. The molecule has 5 heteroatoms. The Balaban J connectivity index is 2.43. The summed E-state index contributed by atoms with van der Waals surface area (Å²) in [4.78, 5) is 0. The molecule has 2 heterocycles. The maximum Gasteiger partial charge on any atom is 0.431 e. The van der Waals surface area contributed by atoms with Gasteiger partial charge in [0.2, 0.25) is 0 Å². The van der Waals surface area contributed by atoms with E-state index in [-0.39, 0.29) is 0 Å². The van der Waals surface area contributed by atoms with Crippen molar-refractivity contribution in [2.75, 3.05) is 6.54 Å².